The fourth-order valence-corrected chi connectivity index (χ4v) is 2.78. The summed E-state index contributed by atoms with van der Waals surface area (Å²) in [6.07, 6.45) is 0. The first-order valence-electron chi connectivity index (χ1n) is 5.77. The van der Waals surface area contributed by atoms with Gasteiger partial charge in [-0.05, 0) is 12.1 Å². The number of carbonyl (C=O) groups excluding carboxylic acids is 1. The molecule has 1 aliphatic rings. The summed E-state index contributed by atoms with van der Waals surface area (Å²) >= 11 is 0. The number of nitrogens with zero attached hydrogens (tertiary/aromatic N) is 1. The second-order valence-electron chi connectivity index (χ2n) is 4.06. The van der Waals surface area contributed by atoms with E-state index in [1.807, 2.05) is 6.07 Å². The zero-order valence-electron chi connectivity index (χ0n) is 10.0. The SMILES string of the molecule is Nc1ccccc1OCC(=O)N1CCS(=O)CC1. The van der Waals surface area contributed by atoms with Crippen molar-refractivity contribution in [3.05, 3.63) is 24.3 Å². The summed E-state index contributed by atoms with van der Waals surface area (Å²) in [6.45, 7) is 1.05. The van der Waals surface area contributed by atoms with Gasteiger partial charge < -0.3 is 15.4 Å². The van der Waals surface area contributed by atoms with Gasteiger partial charge in [-0.25, -0.2) is 0 Å². The van der Waals surface area contributed by atoms with E-state index < -0.39 is 10.8 Å². The molecule has 2 N–H and O–H groups in total. The number of anilines is 1. The van der Waals surface area contributed by atoms with Crippen molar-refractivity contribution in [2.75, 3.05) is 36.9 Å². The molecule has 0 unspecified atom stereocenters. The van der Waals surface area contributed by atoms with Crippen LogP contribution in [0, 0.1) is 0 Å². The number of nitrogens with two attached hydrogens (primary N) is 1. The third kappa shape index (κ3) is 3.22. The van der Waals surface area contributed by atoms with Crippen LogP contribution in [0.2, 0.25) is 0 Å². The highest BCUT2D eigenvalue weighted by Gasteiger charge is 2.20. The molecule has 1 heterocycles. The van der Waals surface area contributed by atoms with Crippen molar-refractivity contribution in [2.45, 2.75) is 0 Å². The van der Waals surface area contributed by atoms with Gasteiger partial charge in [0.1, 0.15) is 5.75 Å². The third-order valence-corrected chi connectivity index (χ3v) is 4.08. The average Bonchev–Trinajstić information content (AvgIpc) is 2.38. The average molecular weight is 268 g/mol. The van der Waals surface area contributed by atoms with Gasteiger partial charge >= 0.3 is 0 Å². The molecule has 18 heavy (non-hydrogen) atoms. The van der Waals surface area contributed by atoms with E-state index in [4.69, 9.17) is 10.5 Å². The zero-order chi connectivity index (χ0) is 13.0. The molecule has 0 atom stereocenters. The molecular weight excluding hydrogens is 252 g/mol. The first-order valence-corrected chi connectivity index (χ1v) is 7.25. The van der Waals surface area contributed by atoms with Crippen molar-refractivity contribution in [3.8, 4) is 5.75 Å². The number of para-hydroxylation sites is 2. The number of ether oxygens (including phenoxy) is 1. The summed E-state index contributed by atoms with van der Waals surface area (Å²) in [5.41, 5.74) is 6.23. The van der Waals surface area contributed by atoms with E-state index in [0.29, 0.717) is 36.0 Å². The van der Waals surface area contributed by atoms with Crippen LogP contribution in [-0.2, 0) is 15.6 Å². The molecule has 98 valence electrons. The summed E-state index contributed by atoms with van der Waals surface area (Å²) in [7, 11) is -0.776. The molecule has 2 rings (SSSR count). The van der Waals surface area contributed by atoms with E-state index in [0.717, 1.165) is 0 Å². The Morgan fingerprint density at radius 1 is 1.33 bits per heavy atom. The van der Waals surface area contributed by atoms with Gasteiger partial charge in [0, 0.05) is 35.4 Å². The molecule has 5 nitrogen and oxygen atoms in total. The van der Waals surface area contributed by atoms with E-state index in [1.54, 1.807) is 23.1 Å². The van der Waals surface area contributed by atoms with Gasteiger partial charge in [0.15, 0.2) is 6.61 Å². The van der Waals surface area contributed by atoms with E-state index >= 15 is 0 Å². The molecule has 0 aromatic heterocycles. The van der Waals surface area contributed by atoms with Gasteiger partial charge in [0.25, 0.3) is 5.91 Å². The van der Waals surface area contributed by atoms with Gasteiger partial charge in [-0.3, -0.25) is 9.00 Å². The largest absolute Gasteiger partial charge is 0.482 e. The molecule has 1 amide bonds. The number of hydrogen-bond acceptors (Lipinski definition) is 4. The van der Waals surface area contributed by atoms with Gasteiger partial charge in [0.05, 0.1) is 5.69 Å². The van der Waals surface area contributed by atoms with Crippen LogP contribution in [0.4, 0.5) is 5.69 Å². The summed E-state index contributed by atoms with van der Waals surface area (Å²) in [5.74, 6) is 1.54. The Bertz CT molecular complexity index is 454. The maximum Gasteiger partial charge on any atom is 0.260 e. The number of nitrogen functional groups attached to an aromatic ring is 1. The molecule has 1 saturated heterocycles. The van der Waals surface area contributed by atoms with Crippen molar-refractivity contribution in [1.29, 1.82) is 0 Å². The Hall–Kier alpha value is -1.56. The van der Waals surface area contributed by atoms with Crippen molar-refractivity contribution in [2.24, 2.45) is 0 Å². The van der Waals surface area contributed by atoms with Crippen LogP contribution in [0.5, 0.6) is 5.75 Å². The van der Waals surface area contributed by atoms with E-state index in [-0.39, 0.29) is 12.5 Å². The van der Waals surface area contributed by atoms with Crippen molar-refractivity contribution in [3.63, 3.8) is 0 Å². The fraction of sp³-hybridized carbons (Fsp3) is 0.417. The quantitative estimate of drug-likeness (QED) is 0.797. The van der Waals surface area contributed by atoms with Crippen LogP contribution in [0.3, 0.4) is 0 Å². The topological polar surface area (TPSA) is 72.6 Å². The summed E-state index contributed by atoms with van der Waals surface area (Å²) < 4.78 is 16.6. The molecule has 0 aliphatic carbocycles. The minimum Gasteiger partial charge on any atom is -0.482 e. The van der Waals surface area contributed by atoms with E-state index in [9.17, 15) is 9.00 Å². The number of rotatable bonds is 3. The monoisotopic (exact) mass is 268 g/mol. The molecule has 1 aromatic carbocycles. The van der Waals surface area contributed by atoms with Crippen LogP contribution in [0.15, 0.2) is 24.3 Å². The maximum atomic E-state index is 11.9. The molecule has 0 bridgehead atoms. The normalized spacial score (nSPS) is 16.6. The first kappa shape index (κ1) is 12.9. The number of hydrogen-bond donors (Lipinski definition) is 1. The fourth-order valence-electron chi connectivity index (χ4n) is 1.73. The molecule has 1 aromatic rings. The lowest BCUT2D eigenvalue weighted by atomic mass is 10.3. The Morgan fingerprint density at radius 3 is 2.67 bits per heavy atom. The van der Waals surface area contributed by atoms with Crippen molar-refractivity contribution >= 4 is 22.4 Å². The Labute approximate surface area is 108 Å². The summed E-state index contributed by atoms with van der Waals surface area (Å²) in [4.78, 5) is 13.5. The van der Waals surface area contributed by atoms with Crippen LogP contribution in [0.25, 0.3) is 0 Å². The van der Waals surface area contributed by atoms with E-state index in [1.165, 1.54) is 0 Å². The van der Waals surface area contributed by atoms with Gasteiger partial charge in [-0.1, -0.05) is 12.1 Å². The standard InChI is InChI=1S/C12H16N2O3S/c13-10-3-1-2-4-11(10)17-9-12(15)14-5-7-18(16)8-6-14/h1-4H,5-9,13H2. The predicted octanol–water partition coefficient (Wildman–Crippen LogP) is 0.238. The van der Waals surface area contributed by atoms with Crippen LogP contribution >= 0.6 is 0 Å². The third-order valence-electron chi connectivity index (χ3n) is 2.80. The minimum atomic E-state index is -0.776. The highest BCUT2D eigenvalue weighted by molar-refractivity contribution is 7.85. The van der Waals surface area contributed by atoms with Crippen molar-refractivity contribution < 1.29 is 13.7 Å². The molecule has 6 heteroatoms. The maximum absolute atomic E-state index is 11.9. The van der Waals surface area contributed by atoms with Crippen LogP contribution < -0.4 is 10.5 Å². The number of carbonyl (C=O) groups is 1. The van der Waals surface area contributed by atoms with Crippen LogP contribution in [-0.4, -0.2) is 46.2 Å². The molecule has 1 fully saturated rings. The van der Waals surface area contributed by atoms with E-state index in [2.05, 4.69) is 0 Å². The Kier molecular flexibility index (Phi) is 4.19. The highest BCUT2D eigenvalue weighted by Crippen LogP contribution is 2.19. The lowest BCUT2D eigenvalue weighted by molar-refractivity contribution is -0.133. The lowest BCUT2D eigenvalue weighted by Crippen LogP contribution is -2.43. The summed E-state index contributed by atoms with van der Waals surface area (Å²) in [5, 5.41) is 0. The first-order chi connectivity index (χ1) is 8.66. The van der Waals surface area contributed by atoms with Gasteiger partial charge in [-0.2, -0.15) is 0 Å². The lowest BCUT2D eigenvalue weighted by Gasteiger charge is -2.26. The van der Waals surface area contributed by atoms with Crippen LogP contribution in [0.1, 0.15) is 0 Å². The van der Waals surface area contributed by atoms with Crippen molar-refractivity contribution in [1.82, 2.24) is 4.90 Å². The molecule has 0 saturated carbocycles. The Morgan fingerprint density at radius 2 is 2.00 bits per heavy atom. The van der Waals surface area contributed by atoms with Gasteiger partial charge in [0.2, 0.25) is 0 Å². The number of amides is 1. The molecule has 0 spiro atoms. The molecule has 0 radical (unpaired) electrons. The number of benzene rings is 1. The summed E-state index contributed by atoms with van der Waals surface area (Å²) in [6, 6.07) is 7.07. The minimum absolute atomic E-state index is 0.0269. The smallest absolute Gasteiger partial charge is 0.260 e. The second-order valence-corrected chi connectivity index (χ2v) is 5.75. The Balaban J connectivity index is 1.85. The second kappa shape index (κ2) is 5.86. The predicted molar refractivity (Wildman–Crippen MR) is 70.8 cm³/mol. The highest BCUT2D eigenvalue weighted by atomic mass is 32.2. The molecule has 1 aliphatic heterocycles. The molecular formula is C12H16N2O3S. The van der Waals surface area contributed by atoms with Gasteiger partial charge in [-0.15, -0.1) is 0 Å². The zero-order valence-corrected chi connectivity index (χ0v) is 10.8.